The first-order valence-corrected chi connectivity index (χ1v) is 4.53. The highest BCUT2D eigenvalue weighted by molar-refractivity contribution is 7.98. The second-order valence-electron chi connectivity index (χ2n) is 1.97. The number of amides is 2. The summed E-state index contributed by atoms with van der Waals surface area (Å²) in [7, 11) is 3.42. The maximum atomic E-state index is 10.8. The van der Waals surface area contributed by atoms with Crippen molar-refractivity contribution in [2.75, 3.05) is 32.6 Å². The van der Waals surface area contributed by atoms with E-state index in [0.29, 0.717) is 0 Å². The fourth-order valence-electron chi connectivity index (χ4n) is 0.521. The highest BCUT2D eigenvalue weighted by Crippen LogP contribution is 1.92. The van der Waals surface area contributed by atoms with Gasteiger partial charge in [0.15, 0.2) is 0 Å². The van der Waals surface area contributed by atoms with Gasteiger partial charge in [-0.25, -0.2) is 4.79 Å². The molecule has 1 N–H and O–H groups in total. The highest BCUT2D eigenvalue weighted by atomic mass is 32.2. The number of carbonyl (C=O) groups is 1. The van der Waals surface area contributed by atoms with E-state index in [0.717, 1.165) is 12.3 Å². The van der Waals surface area contributed by atoms with E-state index in [9.17, 15) is 4.79 Å². The fourth-order valence-corrected chi connectivity index (χ4v) is 0.977. The van der Waals surface area contributed by atoms with Crippen molar-refractivity contribution >= 4 is 17.8 Å². The lowest BCUT2D eigenvalue weighted by molar-refractivity contribution is 0.214. The van der Waals surface area contributed by atoms with Crippen LogP contribution in [0.15, 0.2) is 0 Å². The Morgan fingerprint density at radius 2 is 2.30 bits per heavy atom. The molecule has 2 amide bonds. The Morgan fingerprint density at radius 3 is 2.70 bits per heavy atom. The Morgan fingerprint density at radius 1 is 1.70 bits per heavy atom. The third-order valence-corrected chi connectivity index (χ3v) is 1.78. The van der Waals surface area contributed by atoms with Gasteiger partial charge >= 0.3 is 6.03 Å². The lowest BCUT2D eigenvalue weighted by Crippen LogP contribution is -2.36. The Bertz CT molecular complexity index is 108. The van der Waals surface area contributed by atoms with Crippen molar-refractivity contribution in [2.24, 2.45) is 0 Å². The monoisotopic (exact) mass is 162 g/mol. The standard InChI is InChI=1S/C6H14N2OS/c1-7-6(9)8(2)4-5-10-3/h4-5H2,1-3H3,(H,7,9). The summed E-state index contributed by atoms with van der Waals surface area (Å²) in [5.74, 6) is 0.990. The molecule has 60 valence electrons. The molecule has 0 rings (SSSR count). The normalized spacial score (nSPS) is 9.10. The van der Waals surface area contributed by atoms with Crippen molar-refractivity contribution in [1.82, 2.24) is 10.2 Å². The topological polar surface area (TPSA) is 32.3 Å². The highest BCUT2D eigenvalue weighted by Gasteiger charge is 2.02. The van der Waals surface area contributed by atoms with Gasteiger partial charge in [0.1, 0.15) is 0 Å². The molecule has 3 nitrogen and oxygen atoms in total. The minimum absolute atomic E-state index is 0.0194. The largest absolute Gasteiger partial charge is 0.341 e. The lowest BCUT2D eigenvalue weighted by Gasteiger charge is -2.14. The maximum Gasteiger partial charge on any atom is 0.316 e. The zero-order valence-electron chi connectivity index (χ0n) is 6.68. The van der Waals surface area contributed by atoms with Gasteiger partial charge in [-0.3, -0.25) is 0 Å². The molecule has 0 aliphatic heterocycles. The van der Waals surface area contributed by atoms with Crippen LogP contribution in [0.3, 0.4) is 0 Å². The summed E-state index contributed by atoms with van der Waals surface area (Å²) in [5.41, 5.74) is 0. The van der Waals surface area contributed by atoms with Crippen LogP contribution >= 0.6 is 11.8 Å². The molecule has 0 aromatic carbocycles. The Hall–Kier alpha value is -0.380. The Labute approximate surface area is 66.2 Å². The number of hydrogen-bond acceptors (Lipinski definition) is 2. The predicted octanol–water partition coefficient (Wildman–Crippen LogP) is 0.621. The van der Waals surface area contributed by atoms with Gasteiger partial charge in [-0.05, 0) is 6.26 Å². The number of rotatable bonds is 3. The predicted molar refractivity (Wildman–Crippen MR) is 45.5 cm³/mol. The van der Waals surface area contributed by atoms with Crippen molar-refractivity contribution < 1.29 is 4.79 Å². The molecule has 0 aliphatic rings. The molecule has 0 aliphatic carbocycles. The second kappa shape index (κ2) is 5.41. The average Bonchev–Trinajstić information content (AvgIpc) is 1.98. The van der Waals surface area contributed by atoms with Gasteiger partial charge in [0.2, 0.25) is 0 Å². The molecular weight excluding hydrogens is 148 g/mol. The summed E-state index contributed by atoms with van der Waals surface area (Å²) in [6.45, 7) is 0.806. The van der Waals surface area contributed by atoms with Crippen LogP contribution in [0.5, 0.6) is 0 Å². The van der Waals surface area contributed by atoms with Gasteiger partial charge in [-0.15, -0.1) is 0 Å². The number of carbonyl (C=O) groups excluding carboxylic acids is 1. The summed E-state index contributed by atoms with van der Waals surface area (Å²) in [4.78, 5) is 12.5. The first-order valence-electron chi connectivity index (χ1n) is 3.14. The SMILES string of the molecule is CNC(=O)N(C)CCSC. The molecule has 0 spiro atoms. The third-order valence-electron chi connectivity index (χ3n) is 1.19. The quantitative estimate of drug-likeness (QED) is 0.660. The van der Waals surface area contributed by atoms with Crippen LogP contribution in [0.2, 0.25) is 0 Å². The van der Waals surface area contributed by atoms with Gasteiger partial charge in [-0.2, -0.15) is 11.8 Å². The maximum absolute atomic E-state index is 10.8. The lowest BCUT2D eigenvalue weighted by atomic mass is 10.6. The van der Waals surface area contributed by atoms with E-state index < -0.39 is 0 Å². The van der Waals surface area contributed by atoms with Gasteiger partial charge in [0.25, 0.3) is 0 Å². The van der Waals surface area contributed by atoms with E-state index in [2.05, 4.69) is 5.32 Å². The molecule has 0 radical (unpaired) electrons. The zero-order chi connectivity index (χ0) is 7.98. The molecule has 0 aromatic rings. The molecule has 0 fully saturated rings. The number of hydrogen-bond donors (Lipinski definition) is 1. The van der Waals surface area contributed by atoms with E-state index >= 15 is 0 Å². The number of thioether (sulfide) groups is 1. The van der Waals surface area contributed by atoms with Crippen molar-refractivity contribution in [1.29, 1.82) is 0 Å². The second-order valence-corrected chi connectivity index (χ2v) is 2.96. The molecule has 0 saturated carbocycles. The van der Waals surface area contributed by atoms with E-state index in [1.165, 1.54) is 0 Å². The third kappa shape index (κ3) is 3.61. The van der Waals surface area contributed by atoms with Crippen LogP contribution < -0.4 is 5.32 Å². The molecule has 0 aromatic heterocycles. The number of nitrogens with zero attached hydrogens (tertiary/aromatic N) is 1. The first kappa shape index (κ1) is 9.62. The number of nitrogens with one attached hydrogen (secondary N) is 1. The molecule has 0 bridgehead atoms. The summed E-state index contributed by atoms with van der Waals surface area (Å²) in [6.07, 6.45) is 2.03. The van der Waals surface area contributed by atoms with Gasteiger partial charge in [-0.1, -0.05) is 0 Å². The van der Waals surface area contributed by atoms with Crippen molar-refractivity contribution in [3.05, 3.63) is 0 Å². The van der Waals surface area contributed by atoms with Crippen LogP contribution in [0.1, 0.15) is 0 Å². The van der Waals surface area contributed by atoms with Crippen LogP contribution in [-0.2, 0) is 0 Å². The Balaban J connectivity index is 3.41. The van der Waals surface area contributed by atoms with E-state index in [1.54, 1.807) is 30.8 Å². The van der Waals surface area contributed by atoms with E-state index in [1.807, 2.05) is 6.26 Å². The summed E-state index contributed by atoms with van der Waals surface area (Å²) < 4.78 is 0. The summed E-state index contributed by atoms with van der Waals surface area (Å²) in [6, 6.07) is -0.0194. The summed E-state index contributed by atoms with van der Waals surface area (Å²) >= 11 is 1.74. The number of urea groups is 1. The molecule has 0 saturated heterocycles. The molecule has 0 heterocycles. The fraction of sp³-hybridized carbons (Fsp3) is 0.833. The van der Waals surface area contributed by atoms with Gasteiger partial charge in [0, 0.05) is 26.4 Å². The van der Waals surface area contributed by atoms with Crippen molar-refractivity contribution in [2.45, 2.75) is 0 Å². The smallest absolute Gasteiger partial charge is 0.316 e. The minimum atomic E-state index is -0.0194. The zero-order valence-corrected chi connectivity index (χ0v) is 7.49. The van der Waals surface area contributed by atoms with E-state index in [4.69, 9.17) is 0 Å². The summed E-state index contributed by atoms with van der Waals surface area (Å²) in [5, 5.41) is 2.55. The van der Waals surface area contributed by atoms with Gasteiger partial charge < -0.3 is 10.2 Å². The van der Waals surface area contributed by atoms with Crippen molar-refractivity contribution in [3.8, 4) is 0 Å². The van der Waals surface area contributed by atoms with Crippen LogP contribution in [0.4, 0.5) is 4.79 Å². The van der Waals surface area contributed by atoms with Crippen molar-refractivity contribution in [3.63, 3.8) is 0 Å². The molecule has 0 unspecified atom stereocenters. The van der Waals surface area contributed by atoms with Gasteiger partial charge in [0.05, 0.1) is 0 Å². The van der Waals surface area contributed by atoms with Crippen LogP contribution in [-0.4, -0.2) is 43.6 Å². The first-order chi connectivity index (χ1) is 4.72. The van der Waals surface area contributed by atoms with E-state index in [-0.39, 0.29) is 6.03 Å². The van der Waals surface area contributed by atoms with Crippen LogP contribution in [0.25, 0.3) is 0 Å². The molecule has 10 heavy (non-hydrogen) atoms. The minimum Gasteiger partial charge on any atom is -0.341 e. The molecular formula is C6H14N2OS. The average molecular weight is 162 g/mol. The molecule has 4 heteroatoms. The van der Waals surface area contributed by atoms with Crippen LogP contribution in [0, 0.1) is 0 Å². The Kier molecular flexibility index (Phi) is 5.20. The molecule has 0 atom stereocenters.